The van der Waals surface area contributed by atoms with Crippen LogP contribution in [0.3, 0.4) is 0 Å². The van der Waals surface area contributed by atoms with E-state index in [4.69, 9.17) is 4.74 Å². The van der Waals surface area contributed by atoms with Crippen molar-refractivity contribution < 1.29 is 14.6 Å². The number of ether oxygens (including phenoxy) is 1. The fourth-order valence-electron chi connectivity index (χ4n) is 1.97. The Balaban J connectivity index is 1.62. The normalized spacial score (nSPS) is 17.9. The molecular weight excluding hydrogens is 296 g/mol. The molecular formula is C13H20N2O3S2. The van der Waals surface area contributed by atoms with Crippen molar-refractivity contribution in [2.24, 2.45) is 0 Å². The smallest absolute Gasteiger partial charge is 0.230 e. The molecule has 1 aliphatic heterocycles. The maximum Gasteiger partial charge on any atom is 0.230 e. The summed E-state index contributed by atoms with van der Waals surface area (Å²) < 4.78 is 5.20. The number of carbonyl (C=O) groups excluding carboxylic acids is 1. The summed E-state index contributed by atoms with van der Waals surface area (Å²) in [4.78, 5) is 16.1. The number of carbonyl (C=O) groups is 1. The molecule has 2 heterocycles. The van der Waals surface area contributed by atoms with Crippen LogP contribution in [0.4, 0.5) is 0 Å². The largest absolute Gasteiger partial charge is 0.388 e. The molecule has 112 valence electrons. The molecule has 2 N–H and O–H groups in total. The molecule has 1 amide bonds. The highest BCUT2D eigenvalue weighted by molar-refractivity contribution is 7.99. The molecule has 0 aliphatic carbocycles. The van der Waals surface area contributed by atoms with E-state index in [0.29, 0.717) is 38.4 Å². The van der Waals surface area contributed by atoms with Crippen molar-refractivity contribution >= 4 is 29.0 Å². The highest BCUT2D eigenvalue weighted by Gasteiger charge is 2.29. The second-order valence-electron chi connectivity index (χ2n) is 4.96. The molecule has 0 spiro atoms. The molecule has 0 bridgehead atoms. The van der Waals surface area contributed by atoms with Crippen LogP contribution in [0.15, 0.2) is 5.38 Å². The number of rotatable bonds is 6. The van der Waals surface area contributed by atoms with Crippen molar-refractivity contribution in [3.8, 4) is 0 Å². The minimum absolute atomic E-state index is 0.0399. The Hall–Kier alpha value is -0.630. The van der Waals surface area contributed by atoms with Gasteiger partial charge in [0, 0.05) is 43.7 Å². The maximum absolute atomic E-state index is 11.7. The van der Waals surface area contributed by atoms with Gasteiger partial charge in [-0.2, -0.15) is 0 Å². The number of thiazole rings is 1. The third-order valence-corrected chi connectivity index (χ3v) is 4.98. The zero-order chi connectivity index (χ0) is 14.4. The van der Waals surface area contributed by atoms with Gasteiger partial charge < -0.3 is 15.2 Å². The lowest BCUT2D eigenvalue weighted by molar-refractivity contribution is -0.121. The number of hydrogen-bond donors (Lipinski definition) is 2. The Bertz CT molecular complexity index is 445. The molecule has 1 aromatic heterocycles. The molecule has 0 atom stereocenters. The first-order chi connectivity index (χ1) is 9.57. The summed E-state index contributed by atoms with van der Waals surface area (Å²) in [6.07, 6.45) is 1.16. The van der Waals surface area contributed by atoms with Crippen molar-refractivity contribution in [1.29, 1.82) is 0 Å². The maximum atomic E-state index is 11.7. The van der Waals surface area contributed by atoms with E-state index >= 15 is 0 Å². The van der Waals surface area contributed by atoms with Gasteiger partial charge in [-0.05, 0) is 6.92 Å². The Morgan fingerprint density at radius 3 is 3.00 bits per heavy atom. The van der Waals surface area contributed by atoms with Crippen molar-refractivity contribution in [2.45, 2.75) is 31.1 Å². The van der Waals surface area contributed by atoms with Gasteiger partial charge in [-0.25, -0.2) is 4.98 Å². The van der Waals surface area contributed by atoms with Gasteiger partial charge in [0.1, 0.15) is 0 Å². The van der Waals surface area contributed by atoms with Crippen LogP contribution in [-0.4, -0.2) is 47.1 Å². The third kappa shape index (κ3) is 5.05. The summed E-state index contributed by atoms with van der Waals surface area (Å²) >= 11 is 3.16. The Morgan fingerprint density at radius 1 is 1.60 bits per heavy atom. The van der Waals surface area contributed by atoms with Gasteiger partial charge >= 0.3 is 0 Å². The van der Waals surface area contributed by atoms with E-state index in [1.165, 1.54) is 11.8 Å². The van der Waals surface area contributed by atoms with Crippen LogP contribution in [0.1, 0.15) is 23.5 Å². The predicted molar refractivity (Wildman–Crippen MR) is 81.0 cm³/mol. The summed E-state index contributed by atoms with van der Waals surface area (Å²) in [5.41, 5.74) is 0.221. The monoisotopic (exact) mass is 316 g/mol. The highest BCUT2D eigenvalue weighted by Crippen LogP contribution is 2.19. The van der Waals surface area contributed by atoms with Crippen LogP contribution >= 0.6 is 23.1 Å². The van der Waals surface area contributed by atoms with Gasteiger partial charge in [0.2, 0.25) is 5.91 Å². The molecule has 0 unspecified atom stereocenters. The third-order valence-electron chi connectivity index (χ3n) is 3.19. The van der Waals surface area contributed by atoms with E-state index in [1.54, 1.807) is 11.3 Å². The number of amides is 1. The fourth-order valence-corrected chi connectivity index (χ4v) is 3.43. The predicted octanol–water partition coefficient (Wildman–Crippen LogP) is 1.34. The Morgan fingerprint density at radius 2 is 2.35 bits per heavy atom. The minimum Gasteiger partial charge on any atom is -0.388 e. The number of hydrogen-bond acceptors (Lipinski definition) is 6. The van der Waals surface area contributed by atoms with E-state index < -0.39 is 5.60 Å². The van der Waals surface area contributed by atoms with Crippen LogP contribution in [0.2, 0.25) is 0 Å². The first kappa shape index (κ1) is 15.8. The first-order valence-corrected chi connectivity index (χ1v) is 8.66. The highest BCUT2D eigenvalue weighted by atomic mass is 32.2. The SMILES string of the molecule is Cc1nc(CSCC(=O)NCC2(O)CCOCC2)cs1. The van der Waals surface area contributed by atoms with E-state index in [-0.39, 0.29) is 5.91 Å². The lowest BCUT2D eigenvalue weighted by Crippen LogP contribution is -2.47. The molecule has 0 aromatic carbocycles. The molecule has 2 rings (SSSR count). The van der Waals surface area contributed by atoms with Crippen molar-refractivity contribution in [1.82, 2.24) is 10.3 Å². The van der Waals surface area contributed by atoms with Crippen LogP contribution < -0.4 is 5.32 Å². The molecule has 1 aliphatic rings. The second-order valence-corrected chi connectivity index (χ2v) is 7.01. The summed E-state index contributed by atoms with van der Waals surface area (Å²) in [6, 6.07) is 0. The zero-order valence-electron chi connectivity index (χ0n) is 11.6. The lowest BCUT2D eigenvalue weighted by Gasteiger charge is -2.32. The van der Waals surface area contributed by atoms with Gasteiger partial charge in [-0.1, -0.05) is 0 Å². The van der Waals surface area contributed by atoms with E-state index in [2.05, 4.69) is 10.3 Å². The lowest BCUT2D eigenvalue weighted by atomic mass is 9.94. The minimum atomic E-state index is -0.801. The number of nitrogens with one attached hydrogen (secondary N) is 1. The number of thioether (sulfide) groups is 1. The van der Waals surface area contributed by atoms with E-state index in [9.17, 15) is 9.90 Å². The molecule has 5 nitrogen and oxygen atoms in total. The molecule has 1 aromatic rings. The van der Waals surface area contributed by atoms with Crippen LogP contribution in [0.25, 0.3) is 0 Å². The summed E-state index contributed by atoms with van der Waals surface area (Å²) in [6.45, 7) is 3.40. The van der Waals surface area contributed by atoms with Gasteiger partial charge in [0.25, 0.3) is 0 Å². The van der Waals surface area contributed by atoms with Crippen molar-refractivity contribution in [3.05, 3.63) is 16.1 Å². The van der Waals surface area contributed by atoms with Crippen molar-refractivity contribution in [3.63, 3.8) is 0 Å². The van der Waals surface area contributed by atoms with Crippen LogP contribution in [0.5, 0.6) is 0 Å². The molecule has 0 radical (unpaired) electrons. The number of aryl methyl sites for hydroxylation is 1. The molecule has 0 saturated carbocycles. The Kier molecular flexibility index (Phi) is 5.83. The fraction of sp³-hybridized carbons (Fsp3) is 0.692. The zero-order valence-corrected chi connectivity index (χ0v) is 13.2. The number of nitrogens with zero attached hydrogens (tertiary/aromatic N) is 1. The average molecular weight is 316 g/mol. The summed E-state index contributed by atoms with van der Waals surface area (Å²) in [5, 5.41) is 16.1. The summed E-state index contributed by atoms with van der Waals surface area (Å²) in [5.74, 6) is 1.10. The molecule has 7 heteroatoms. The summed E-state index contributed by atoms with van der Waals surface area (Å²) in [7, 11) is 0. The van der Waals surface area contributed by atoms with Crippen LogP contribution in [-0.2, 0) is 15.3 Å². The molecule has 1 fully saturated rings. The van der Waals surface area contributed by atoms with Gasteiger partial charge in [0.05, 0.1) is 22.1 Å². The van der Waals surface area contributed by atoms with Gasteiger partial charge in [-0.3, -0.25) is 4.79 Å². The van der Waals surface area contributed by atoms with Crippen LogP contribution in [0, 0.1) is 6.92 Å². The van der Waals surface area contributed by atoms with Gasteiger partial charge in [-0.15, -0.1) is 23.1 Å². The average Bonchev–Trinajstić information content (AvgIpc) is 2.83. The quantitative estimate of drug-likeness (QED) is 0.829. The molecule has 1 saturated heterocycles. The first-order valence-electron chi connectivity index (χ1n) is 6.63. The van der Waals surface area contributed by atoms with Gasteiger partial charge in [0.15, 0.2) is 0 Å². The Labute approximate surface area is 127 Å². The second kappa shape index (κ2) is 7.40. The number of aliphatic hydroxyl groups is 1. The van der Waals surface area contributed by atoms with E-state index in [1.807, 2.05) is 12.3 Å². The molecule has 20 heavy (non-hydrogen) atoms. The van der Waals surface area contributed by atoms with Crippen molar-refractivity contribution in [2.75, 3.05) is 25.5 Å². The standard InChI is InChI=1S/C13H20N2O3S2/c1-10-15-11(7-20-10)6-19-8-12(16)14-9-13(17)2-4-18-5-3-13/h7,17H,2-6,8-9H2,1H3,(H,14,16). The van der Waals surface area contributed by atoms with E-state index in [0.717, 1.165) is 16.5 Å². The number of aromatic nitrogens is 1. The topological polar surface area (TPSA) is 71.5 Å².